The minimum Gasteiger partial charge on any atom is -0.491 e. The predicted octanol–water partition coefficient (Wildman–Crippen LogP) is 3.82. The van der Waals surface area contributed by atoms with Crippen LogP contribution in [0, 0.1) is 0 Å². The van der Waals surface area contributed by atoms with Gasteiger partial charge in [-0.1, -0.05) is 37.1 Å². The third-order valence-electron chi connectivity index (χ3n) is 6.19. The van der Waals surface area contributed by atoms with Gasteiger partial charge in [0.25, 0.3) is 0 Å². The Morgan fingerprint density at radius 3 is 2.61 bits per heavy atom. The van der Waals surface area contributed by atoms with Crippen LogP contribution in [0.15, 0.2) is 48.5 Å². The number of aliphatic hydroxyl groups excluding tert-OH is 1. The van der Waals surface area contributed by atoms with Crippen LogP contribution in [0.4, 0.5) is 11.4 Å². The van der Waals surface area contributed by atoms with Crippen LogP contribution in [0.2, 0.25) is 0 Å². The van der Waals surface area contributed by atoms with Gasteiger partial charge in [0.15, 0.2) is 0 Å². The highest BCUT2D eigenvalue weighted by molar-refractivity contribution is 5.93. The molecule has 2 aliphatic rings. The number of fused-ring (bicyclic) bond motifs is 1. The summed E-state index contributed by atoms with van der Waals surface area (Å²) in [6.07, 6.45) is 3.83. The lowest BCUT2D eigenvalue weighted by Crippen LogP contribution is -2.46. The summed E-state index contributed by atoms with van der Waals surface area (Å²) in [5.41, 5.74) is 2.82. The summed E-state index contributed by atoms with van der Waals surface area (Å²) in [5, 5.41) is 13.4. The first kappa shape index (κ1) is 21.7. The molecule has 6 heteroatoms. The van der Waals surface area contributed by atoms with E-state index in [-0.39, 0.29) is 5.91 Å². The zero-order valence-corrected chi connectivity index (χ0v) is 18.1. The van der Waals surface area contributed by atoms with Gasteiger partial charge in [-0.2, -0.15) is 0 Å². The number of carbonyl (C=O) groups is 1. The average Bonchev–Trinajstić information content (AvgIpc) is 2.99. The number of amides is 1. The van der Waals surface area contributed by atoms with Gasteiger partial charge in [-0.25, -0.2) is 0 Å². The van der Waals surface area contributed by atoms with Crippen LogP contribution in [0.25, 0.3) is 0 Å². The van der Waals surface area contributed by atoms with Crippen molar-refractivity contribution in [3.05, 3.63) is 54.1 Å². The molecule has 1 saturated heterocycles. The first-order valence-corrected chi connectivity index (χ1v) is 11.5. The van der Waals surface area contributed by atoms with Gasteiger partial charge in [0.1, 0.15) is 5.75 Å². The molecule has 2 aromatic rings. The van der Waals surface area contributed by atoms with Crippen molar-refractivity contribution in [3.63, 3.8) is 0 Å². The zero-order chi connectivity index (χ0) is 21.5. The highest BCUT2D eigenvalue weighted by Gasteiger charge is 2.18. The molecular weight excluding hydrogens is 390 g/mol. The fourth-order valence-corrected chi connectivity index (χ4v) is 4.33. The lowest BCUT2D eigenvalue weighted by molar-refractivity contribution is -0.116. The van der Waals surface area contributed by atoms with Crippen LogP contribution >= 0.6 is 0 Å². The maximum absolute atomic E-state index is 11.7. The van der Waals surface area contributed by atoms with E-state index < -0.39 is 6.10 Å². The van der Waals surface area contributed by atoms with Crippen molar-refractivity contribution in [2.75, 3.05) is 49.5 Å². The Hall–Kier alpha value is -2.57. The van der Waals surface area contributed by atoms with Crippen LogP contribution in [0.3, 0.4) is 0 Å². The van der Waals surface area contributed by atoms with Gasteiger partial charge in [-0.15, -0.1) is 0 Å². The molecule has 4 rings (SSSR count). The fourth-order valence-electron chi connectivity index (χ4n) is 4.33. The molecular formula is C25H33N3O3. The van der Waals surface area contributed by atoms with E-state index in [0.717, 1.165) is 64.0 Å². The molecule has 0 bridgehead atoms. The highest BCUT2D eigenvalue weighted by Crippen LogP contribution is 2.31. The number of hydrogen-bond acceptors (Lipinski definition) is 5. The first-order chi connectivity index (χ1) is 15.2. The second kappa shape index (κ2) is 10.6. The molecule has 2 N–H and O–H groups in total. The normalized spacial score (nSPS) is 18.0. The van der Waals surface area contributed by atoms with Crippen molar-refractivity contribution in [2.45, 2.75) is 38.2 Å². The molecule has 2 aromatic carbocycles. The number of nitrogens with zero attached hydrogens (tertiary/aromatic N) is 2. The maximum atomic E-state index is 11.7. The van der Waals surface area contributed by atoms with Gasteiger partial charge in [0, 0.05) is 31.9 Å². The molecule has 1 atom stereocenters. The number of anilines is 2. The Morgan fingerprint density at radius 1 is 1.00 bits per heavy atom. The van der Waals surface area contributed by atoms with Crippen LogP contribution in [-0.2, 0) is 4.79 Å². The van der Waals surface area contributed by atoms with Crippen molar-refractivity contribution in [2.24, 2.45) is 0 Å². The number of carbonyl (C=O) groups excluding carboxylic acids is 1. The lowest BCUT2D eigenvalue weighted by Gasteiger charge is -2.36. The highest BCUT2D eigenvalue weighted by atomic mass is 16.5. The lowest BCUT2D eigenvalue weighted by atomic mass is 10.0. The van der Waals surface area contributed by atoms with Crippen molar-refractivity contribution in [1.29, 1.82) is 0 Å². The smallest absolute Gasteiger partial charge is 0.227 e. The summed E-state index contributed by atoms with van der Waals surface area (Å²) in [6, 6.07) is 16.2. The van der Waals surface area contributed by atoms with Crippen LogP contribution in [0.5, 0.6) is 5.75 Å². The van der Waals surface area contributed by atoms with E-state index in [1.807, 2.05) is 18.2 Å². The standard InChI is InChI=1S/C25H33N3O3/c29-23(20-10-11-24-22(19-20)26-25(30)12-18-31-24)9-5-2-6-13-27-14-16-28(17-15-27)21-7-3-1-4-8-21/h1,3-4,7-8,10-11,19,23,29H,2,5-6,9,12-18H2,(H,26,30). The molecule has 6 nitrogen and oxygen atoms in total. The second-order valence-corrected chi connectivity index (χ2v) is 8.43. The van der Waals surface area contributed by atoms with E-state index in [0.29, 0.717) is 24.5 Å². The van der Waals surface area contributed by atoms with Crippen LogP contribution < -0.4 is 15.0 Å². The zero-order valence-electron chi connectivity index (χ0n) is 18.1. The SMILES string of the molecule is O=C1CCOc2ccc(C(O)CCCCCN3CCN(c4ccccc4)CC3)cc2N1. The summed E-state index contributed by atoms with van der Waals surface area (Å²) in [6.45, 7) is 5.91. The van der Waals surface area contributed by atoms with Crippen molar-refractivity contribution in [3.8, 4) is 5.75 Å². The number of unbranched alkanes of at least 4 members (excludes halogenated alkanes) is 2. The molecule has 0 radical (unpaired) electrons. The Balaban J connectivity index is 1.14. The quantitative estimate of drug-likeness (QED) is 0.632. The Labute approximate surface area is 184 Å². The maximum Gasteiger partial charge on any atom is 0.227 e. The van der Waals surface area contributed by atoms with E-state index >= 15 is 0 Å². The van der Waals surface area contributed by atoms with Gasteiger partial charge < -0.3 is 20.1 Å². The Kier molecular flexibility index (Phi) is 7.43. The van der Waals surface area contributed by atoms with Crippen molar-refractivity contribution in [1.82, 2.24) is 4.90 Å². The molecule has 0 aromatic heterocycles. The van der Waals surface area contributed by atoms with Gasteiger partial charge in [0.2, 0.25) is 5.91 Å². The largest absolute Gasteiger partial charge is 0.491 e. The summed E-state index contributed by atoms with van der Waals surface area (Å²) in [7, 11) is 0. The predicted molar refractivity (Wildman–Crippen MR) is 124 cm³/mol. The molecule has 0 aliphatic carbocycles. The number of ether oxygens (including phenoxy) is 1. The molecule has 1 amide bonds. The Morgan fingerprint density at radius 2 is 1.81 bits per heavy atom. The summed E-state index contributed by atoms with van der Waals surface area (Å²) < 4.78 is 5.58. The van der Waals surface area contributed by atoms with E-state index in [4.69, 9.17) is 4.74 Å². The molecule has 2 aliphatic heterocycles. The molecule has 166 valence electrons. The molecule has 0 saturated carbocycles. The third kappa shape index (κ3) is 5.99. The monoisotopic (exact) mass is 423 g/mol. The summed E-state index contributed by atoms with van der Waals surface area (Å²) in [5.74, 6) is 0.629. The van der Waals surface area contributed by atoms with Crippen LogP contribution in [0.1, 0.15) is 43.8 Å². The summed E-state index contributed by atoms with van der Waals surface area (Å²) in [4.78, 5) is 16.7. The van der Waals surface area contributed by atoms with E-state index in [1.165, 1.54) is 5.69 Å². The third-order valence-corrected chi connectivity index (χ3v) is 6.19. The molecule has 1 unspecified atom stereocenters. The van der Waals surface area contributed by atoms with E-state index in [9.17, 15) is 9.90 Å². The van der Waals surface area contributed by atoms with Crippen molar-refractivity contribution < 1.29 is 14.6 Å². The molecule has 0 spiro atoms. The number of piperazine rings is 1. The van der Waals surface area contributed by atoms with Gasteiger partial charge in [-0.05, 0) is 49.2 Å². The topological polar surface area (TPSA) is 65.0 Å². The number of aliphatic hydroxyl groups is 1. The van der Waals surface area contributed by atoms with Crippen molar-refractivity contribution >= 4 is 17.3 Å². The first-order valence-electron chi connectivity index (χ1n) is 11.5. The minimum atomic E-state index is -0.514. The molecule has 31 heavy (non-hydrogen) atoms. The van der Waals surface area contributed by atoms with Crippen LogP contribution in [-0.4, -0.2) is 55.2 Å². The number of benzene rings is 2. The van der Waals surface area contributed by atoms with Gasteiger partial charge in [-0.3, -0.25) is 9.69 Å². The second-order valence-electron chi connectivity index (χ2n) is 8.43. The number of para-hydroxylation sites is 1. The molecule has 1 fully saturated rings. The number of nitrogens with one attached hydrogen (secondary N) is 1. The average molecular weight is 424 g/mol. The van der Waals surface area contributed by atoms with Gasteiger partial charge >= 0.3 is 0 Å². The Bertz CT molecular complexity index is 850. The van der Waals surface area contributed by atoms with Gasteiger partial charge in [0.05, 0.1) is 24.8 Å². The minimum absolute atomic E-state index is 0.0463. The number of rotatable bonds is 8. The van der Waals surface area contributed by atoms with E-state index in [2.05, 4.69) is 45.4 Å². The summed E-state index contributed by atoms with van der Waals surface area (Å²) >= 11 is 0. The molecule has 2 heterocycles. The fraction of sp³-hybridized carbons (Fsp3) is 0.480. The van der Waals surface area contributed by atoms with E-state index in [1.54, 1.807) is 0 Å². The number of hydrogen-bond donors (Lipinski definition) is 2.